The second-order valence-electron chi connectivity index (χ2n) is 18.2. The molecule has 0 bridgehead atoms. The van der Waals surface area contributed by atoms with Crippen LogP contribution in [0, 0.1) is 5.41 Å². The summed E-state index contributed by atoms with van der Waals surface area (Å²) in [5.41, 5.74) is 13.2. The molecule has 12 nitrogen and oxygen atoms in total. The number of rotatable bonds is 26. The highest BCUT2D eigenvalue weighted by atomic mass is 19.4. The Hall–Kier alpha value is -8.22. The Morgan fingerprint density at radius 1 is 0.455 bits per heavy atom. The number of ether oxygens (including phenoxy) is 4. The Kier molecular flexibility index (Phi) is 20.4. The molecule has 404 valence electrons. The molecule has 0 spiro atoms. The molecule has 0 radical (unpaired) electrons. The normalized spacial score (nSPS) is 12.8. The van der Waals surface area contributed by atoms with E-state index in [9.17, 15) is 55.7 Å². The number of aliphatic hydroxyl groups excluding tert-OH is 2. The summed E-state index contributed by atoms with van der Waals surface area (Å²) in [4.78, 5) is 54.3. The lowest BCUT2D eigenvalue weighted by Gasteiger charge is -2.40. The van der Waals surface area contributed by atoms with Gasteiger partial charge in [0.1, 0.15) is 35.2 Å². The first-order chi connectivity index (χ1) is 36.6. The minimum Gasteiger partial charge on any atom is -0.494 e. The van der Waals surface area contributed by atoms with Crippen LogP contribution in [0.25, 0.3) is 12.2 Å². The van der Waals surface area contributed by atoms with E-state index in [0.29, 0.717) is 45.1 Å². The van der Waals surface area contributed by atoms with Crippen molar-refractivity contribution < 1.29 is 74.7 Å². The zero-order valence-electron chi connectivity index (χ0n) is 41.5. The van der Waals surface area contributed by atoms with Crippen LogP contribution in [0.2, 0.25) is 0 Å². The molecule has 0 aliphatic carbocycles. The van der Waals surface area contributed by atoms with Gasteiger partial charge in [0.15, 0.2) is 11.6 Å². The molecule has 0 saturated heterocycles. The number of benzene rings is 6. The fourth-order valence-electron chi connectivity index (χ4n) is 7.97. The number of anilines is 2. The Morgan fingerprint density at radius 2 is 0.779 bits per heavy atom. The zero-order chi connectivity index (χ0) is 55.6. The Labute approximate surface area is 440 Å². The van der Waals surface area contributed by atoms with E-state index < -0.39 is 66.3 Å². The maximum absolute atomic E-state index is 14.2. The van der Waals surface area contributed by atoms with E-state index in [-0.39, 0.29) is 74.4 Å². The topological polar surface area (TPSA) is 198 Å². The highest BCUT2D eigenvalue weighted by Crippen LogP contribution is 2.38. The van der Waals surface area contributed by atoms with Crippen LogP contribution in [0.3, 0.4) is 0 Å². The zero-order valence-corrected chi connectivity index (χ0v) is 41.5. The van der Waals surface area contributed by atoms with Gasteiger partial charge >= 0.3 is 24.3 Å². The molecule has 2 unspecified atom stereocenters. The third-order valence-corrected chi connectivity index (χ3v) is 12.1. The van der Waals surface area contributed by atoms with E-state index in [2.05, 4.69) is 0 Å². The van der Waals surface area contributed by atoms with Crippen molar-refractivity contribution in [3.8, 4) is 23.0 Å². The van der Waals surface area contributed by atoms with Gasteiger partial charge in [-0.1, -0.05) is 60.7 Å². The Bertz CT molecular complexity index is 2740. The van der Waals surface area contributed by atoms with Crippen molar-refractivity contribution in [1.82, 2.24) is 0 Å². The first-order valence-electron chi connectivity index (χ1n) is 24.4. The minimum absolute atomic E-state index is 0.0629. The predicted octanol–water partition coefficient (Wildman–Crippen LogP) is 11.6. The second-order valence-corrected chi connectivity index (χ2v) is 18.2. The first-order valence-corrected chi connectivity index (χ1v) is 24.4. The van der Waals surface area contributed by atoms with Crippen LogP contribution in [-0.4, -0.2) is 71.5 Å². The van der Waals surface area contributed by atoms with Gasteiger partial charge in [-0.05, 0) is 170 Å². The number of alkyl halides is 6. The molecular weight excluding hydrogens is 1010 g/mol. The van der Waals surface area contributed by atoms with Gasteiger partial charge in [-0.25, -0.2) is 9.59 Å². The number of nitrogen functional groups attached to an aromatic ring is 2. The van der Waals surface area contributed by atoms with Crippen molar-refractivity contribution in [3.63, 3.8) is 0 Å². The molecule has 0 aromatic heterocycles. The molecule has 0 amide bonds. The number of hydrogen-bond acceptors (Lipinski definition) is 12. The quantitative estimate of drug-likeness (QED) is 0.0100. The lowest BCUT2D eigenvalue weighted by atomic mass is 9.66. The molecule has 0 fully saturated rings. The molecular formula is C59H56F6N2O10. The average Bonchev–Trinajstić information content (AvgIpc) is 3.40. The molecule has 0 saturated carbocycles. The average molecular weight is 1070 g/mol. The van der Waals surface area contributed by atoms with Gasteiger partial charge in [-0.15, -0.1) is 0 Å². The van der Waals surface area contributed by atoms with Crippen molar-refractivity contribution in [2.24, 2.45) is 5.41 Å². The summed E-state index contributed by atoms with van der Waals surface area (Å²) in [6, 6.07) is 37.0. The number of carbonyl (C=O) groups is 4. The number of esters is 2. The van der Waals surface area contributed by atoms with Crippen LogP contribution in [0.4, 0.5) is 37.7 Å². The van der Waals surface area contributed by atoms with E-state index in [0.717, 1.165) is 12.2 Å². The Balaban J connectivity index is 1.13. The highest BCUT2D eigenvalue weighted by molar-refractivity contribution is 6.01. The summed E-state index contributed by atoms with van der Waals surface area (Å²) in [5, 5.41) is 24.4. The van der Waals surface area contributed by atoms with Crippen LogP contribution in [0.15, 0.2) is 158 Å². The number of hydrogen-bond donors (Lipinski definition) is 4. The fraction of sp³-hybridized carbons (Fsp3) is 0.254. The van der Waals surface area contributed by atoms with Crippen molar-refractivity contribution in [3.05, 3.63) is 191 Å². The number of unbranched alkanes of at least 4 members (excludes halogenated alkanes) is 2. The lowest BCUT2D eigenvalue weighted by Crippen LogP contribution is -2.54. The summed E-state index contributed by atoms with van der Waals surface area (Å²) in [7, 11) is 0. The van der Waals surface area contributed by atoms with Crippen LogP contribution in [-0.2, 0) is 22.4 Å². The number of carbonyl (C=O) groups excluding carboxylic acids is 4. The number of aliphatic hydroxyl groups is 2. The summed E-state index contributed by atoms with van der Waals surface area (Å²) in [5.74, 6) is -1.96. The third-order valence-electron chi connectivity index (χ3n) is 12.1. The van der Waals surface area contributed by atoms with Crippen LogP contribution in [0.1, 0.15) is 81.5 Å². The van der Waals surface area contributed by atoms with Gasteiger partial charge < -0.3 is 40.6 Å². The second kappa shape index (κ2) is 27.0. The summed E-state index contributed by atoms with van der Waals surface area (Å²) in [6.07, 6.45) is -9.28. The summed E-state index contributed by atoms with van der Waals surface area (Å²) in [6.45, 7) is 0.172. The third kappa shape index (κ3) is 18.5. The van der Waals surface area contributed by atoms with Gasteiger partial charge in [0.25, 0.3) is 0 Å². The molecule has 6 aromatic rings. The standard InChI is InChI=1S/C59H56F6N2O10/c60-58(61,62)33-1-3-35-74-47-23-27-49(28-24-47)76-55(72)43-15-5-39(6-16-43)13-31-51(68)53(70)57(37-41-9-19-45(66)20-10-41,38-42-11-21-46(67)22-12-42)54(71)52(69)32-14-40-7-17-44(18-8-40)56(73)77-50-29-25-48(26-30-50)75-36-4-2-34-59(63,64)65/h5-32,53-54,70-71H,1-4,33-38,66-67H2/b31-13+,32-14+. The summed E-state index contributed by atoms with van der Waals surface area (Å²) >= 11 is 0. The lowest BCUT2D eigenvalue weighted by molar-refractivity contribution is -0.146. The molecule has 0 heterocycles. The van der Waals surface area contributed by atoms with Crippen molar-refractivity contribution in [1.29, 1.82) is 0 Å². The number of nitrogens with two attached hydrogens (primary N) is 2. The van der Waals surface area contributed by atoms with Gasteiger partial charge in [0.05, 0.1) is 24.3 Å². The first kappa shape index (κ1) is 58.0. The van der Waals surface area contributed by atoms with Gasteiger partial charge in [-0.2, -0.15) is 26.3 Å². The number of halogens is 6. The van der Waals surface area contributed by atoms with Gasteiger partial charge in [-0.3, -0.25) is 9.59 Å². The molecule has 2 atom stereocenters. The molecule has 18 heteroatoms. The molecule has 0 aliphatic heterocycles. The predicted molar refractivity (Wildman–Crippen MR) is 278 cm³/mol. The van der Waals surface area contributed by atoms with Crippen LogP contribution >= 0.6 is 0 Å². The monoisotopic (exact) mass is 1070 g/mol. The number of ketones is 2. The Morgan fingerprint density at radius 3 is 1.10 bits per heavy atom. The molecule has 6 aromatic carbocycles. The van der Waals surface area contributed by atoms with Crippen molar-refractivity contribution in [2.75, 3.05) is 24.7 Å². The van der Waals surface area contributed by atoms with Crippen molar-refractivity contribution in [2.45, 2.75) is 75.9 Å². The van der Waals surface area contributed by atoms with E-state index in [1.54, 1.807) is 48.5 Å². The smallest absolute Gasteiger partial charge is 0.389 e. The van der Waals surface area contributed by atoms with Gasteiger partial charge in [0, 0.05) is 29.6 Å². The maximum Gasteiger partial charge on any atom is 0.389 e. The molecule has 77 heavy (non-hydrogen) atoms. The van der Waals surface area contributed by atoms with E-state index in [1.807, 2.05) is 0 Å². The molecule has 6 N–H and O–H groups in total. The van der Waals surface area contributed by atoms with Crippen molar-refractivity contribution >= 4 is 47.0 Å². The fourth-order valence-corrected chi connectivity index (χ4v) is 7.97. The molecule has 6 rings (SSSR count). The van der Waals surface area contributed by atoms with Gasteiger partial charge in [0.2, 0.25) is 0 Å². The molecule has 0 aliphatic rings. The minimum atomic E-state index is -4.23. The van der Waals surface area contributed by atoms with Crippen LogP contribution < -0.4 is 30.4 Å². The summed E-state index contributed by atoms with van der Waals surface area (Å²) < 4.78 is 96.2. The SMILES string of the molecule is Nc1ccc(CC(Cc2ccc(N)cc2)(C(O)C(=O)/C=C/c2ccc(C(=O)Oc3ccc(OCCCCC(F)(F)F)cc3)cc2)C(O)C(=O)/C=C/c2ccc(C(=O)Oc3ccc(OCCCCC(F)(F)F)cc3)cc2)cc1. The van der Waals surface area contributed by atoms with Crippen LogP contribution in [0.5, 0.6) is 23.0 Å². The van der Waals surface area contributed by atoms with E-state index in [4.69, 9.17) is 30.4 Å². The largest absolute Gasteiger partial charge is 0.494 e. The van der Waals surface area contributed by atoms with E-state index >= 15 is 0 Å². The highest BCUT2D eigenvalue weighted by Gasteiger charge is 2.49. The maximum atomic E-state index is 14.2. The van der Waals surface area contributed by atoms with E-state index in [1.165, 1.54) is 109 Å².